The normalized spacial score (nSPS) is 14.6. The number of rotatable bonds is 28. The van der Waals surface area contributed by atoms with E-state index >= 15 is 0 Å². The van der Waals surface area contributed by atoms with Crippen LogP contribution in [-0.2, 0) is 27.9 Å². The highest BCUT2D eigenvalue weighted by Crippen LogP contribution is 2.43. The summed E-state index contributed by atoms with van der Waals surface area (Å²) in [5, 5.41) is 18.4. The number of ether oxygens (including phenoxy) is 1. The third-order valence-electron chi connectivity index (χ3n) is 6.34. The standard InChI is InChI=1S/C27H54NO9P/c1-2-3-4-5-6-7-8-9-10-11-12-13-14-15-16-17-18-19-20-26(30)35-21-24(29)22-36-38(33,34)37-23-25(28)27(31)32/h24-25,29H,2-23,28H2,1H3,(H,31,32)(H,33,34)/t24-,25+/m1/s1. The summed E-state index contributed by atoms with van der Waals surface area (Å²) in [5.74, 6) is -1.84. The third kappa shape index (κ3) is 25.3. The van der Waals surface area contributed by atoms with Gasteiger partial charge in [0.15, 0.2) is 0 Å². The van der Waals surface area contributed by atoms with Crippen LogP contribution in [0.4, 0.5) is 0 Å². The van der Waals surface area contributed by atoms with Crippen molar-refractivity contribution in [2.24, 2.45) is 5.73 Å². The number of nitrogens with two attached hydrogens (primary N) is 1. The van der Waals surface area contributed by atoms with Crippen LogP contribution in [0.1, 0.15) is 129 Å². The summed E-state index contributed by atoms with van der Waals surface area (Å²) in [6.07, 6.45) is 21.8. The Morgan fingerprint density at radius 1 is 0.711 bits per heavy atom. The highest BCUT2D eigenvalue weighted by molar-refractivity contribution is 7.47. The Labute approximate surface area is 229 Å². The van der Waals surface area contributed by atoms with Crippen molar-refractivity contribution in [1.29, 1.82) is 0 Å². The van der Waals surface area contributed by atoms with Crippen LogP contribution in [0, 0.1) is 0 Å². The first-order valence-electron chi connectivity index (χ1n) is 14.6. The summed E-state index contributed by atoms with van der Waals surface area (Å²) in [6.45, 7) is 0.525. The van der Waals surface area contributed by atoms with Gasteiger partial charge in [0.1, 0.15) is 18.8 Å². The summed E-state index contributed by atoms with van der Waals surface area (Å²) in [5.41, 5.74) is 5.16. The molecule has 0 aliphatic heterocycles. The number of carbonyl (C=O) groups excluding carboxylic acids is 1. The lowest BCUT2D eigenvalue weighted by Crippen LogP contribution is -2.34. The van der Waals surface area contributed by atoms with Crippen molar-refractivity contribution < 1.29 is 43.0 Å². The van der Waals surface area contributed by atoms with Gasteiger partial charge in [-0.2, -0.15) is 0 Å². The molecule has 3 atom stereocenters. The van der Waals surface area contributed by atoms with E-state index in [-0.39, 0.29) is 13.0 Å². The second kappa shape index (κ2) is 25.0. The topological polar surface area (TPSA) is 166 Å². The summed E-state index contributed by atoms with van der Waals surface area (Å²) < 4.78 is 25.6. The van der Waals surface area contributed by atoms with Crippen LogP contribution in [0.5, 0.6) is 0 Å². The molecule has 11 heteroatoms. The van der Waals surface area contributed by atoms with Gasteiger partial charge < -0.3 is 25.6 Å². The lowest BCUT2D eigenvalue weighted by molar-refractivity contribution is -0.147. The fraction of sp³-hybridized carbons (Fsp3) is 0.926. The number of esters is 1. The fourth-order valence-corrected chi connectivity index (χ4v) is 4.73. The molecule has 0 saturated heterocycles. The minimum absolute atomic E-state index is 0.251. The zero-order valence-electron chi connectivity index (χ0n) is 23.5. The van der Waals surface area contributed by atoms with Gasteiger partial charge in [0, 0.05) is 6.42 Å². The van der Waals surface area contributed by atoms with Crippen LogP contribution in [0.2, 0.25) is 0 Å². The molecule has 0 aromatic rings. The molecule has 0 aromatic heterocycles. The molecule has 38 heavy (non-hydrogen) atoms. The molecule has 0 amide bonds. The quantitative estimate of drug-likeness (QED) is 0.0510. The average Bonchev–Trinajstić information content (AvgIpc) is 2.88. The molecule has 5 N–H and O–H groups in total. The monoisotopic (exact) mass is 567 g/mol. The van der Waals surface area contributed by atoms with E-state index in [1.165, 1.54) is 96.3 Å². The molecule has 0 rings (SSSR count). The molecular formula is C27H54NO9P. The van der Waals surface area contributed by atoms with Gasteiger partial charge in [-0.25, -0.2) is 4.57 Å². The zero-order chi connectivity index (χ0) is 28.5. The fourth-order valence-electron chi connectivity index (χ4n) is 3.94. The van der Waals surface area contributed by atoms with Crippen LogP contribution in [0.25, 0.3) is 0 Å². The van der Waals surface area contributed by atoms with Crippen LogP contribution in [0.3, 0.4) is 0 Å². The van der Waals surface area contributed by atoms with Gasteiger partial charge >= 0.3 is 19.8 Å². The van der Waals surface area contributed by atoms with Gasteiger partial charge in [-0.05, 0) is 6.42 Å². The number of hydrogen-bond donors (Lipinski definition) is 4. The van der Waals surface area contributed by atoms with E-state index in [2.05, 4.69) is 16.0 Å². The molecular weight excluding hydrogens is 513 g/mol. The SMILES string of the molecule is CCCCCCCCCCCCCCCCCCCCC(=O)OC[C@@H](O)COP(=O)(O)OC[C@H](N)C(=O)O. The lowest BCUT2D eigenvalue weighted by atomic mass is 10.0. The number of carbonyl (C=O) groups is 2. The van der Waals surface area contributed by atoms with Crippen molar-refractivity contribution in [3.63, 3.8) is 0 Å². The largest absolute Gasteiger partial charge is 0.480 e. The van der Waals surface area contributed by atoms with Crippen molar-refractivity contribution in [3.05, 3.63) is 0 Å². The Balaban J connectivity index is 3.48. The smallest absolute Gasteiger partial charge is 0.472 e. The number of carboxylic acid groups (broad SMARTS) is 1. The van der Waals surface area contributed by atoms with Crippen molar-refractivity contribution >= 4 is 19.8 Å². The second-order valence-electron chi connectivity index (χ2n) is 10.1. The maximum Gasteiger partial charge on any atom is 0.472 e. The number of phosphoric acid groups is 1. The number of aliphatic carboxylic acids is 1. The van der Waals surface area contributed by atoms with E-state index in [4.69, 9.17) is 15.6 Å². The van der Waals surface area contributed by atoms with E-state index in [0.717, 1.165) is 12.8 Å². The Hall–Kier alpha value is -1.03. The average molecular weight is 568 g/mol. The first kappa shape index (κ1) is 37.0. The third-order valence-corrected chi connectivity index (χ3v) is 7.29. The number of carboxylic acids is 1. The van der Waals surface area contributed by atoms with E-state index in [1.807, 2.05) is 0 Å². The van der Waals surface area contributed by atoms with E-state index in [9.17, 15) is 24.2 Å². The molecule has 0 fully saturated rings. The number of aliphatic hydroxyl groups is 1. The van der Waals surface area contributed by atoms with Crippen molar-refractivity contribution in [3.8, 4) is 0 Å². The molecule has 0 bridgehead atoms. The molecule has 0 aliphatic carbocycles. The highest BCUT2D eigenvalue weighted by Gasteiger charge is 2.26. The molecule has 0 saturated carbocycles. The van der Waals surface area contributed by atoms with Gasteiger partial charge in [0.25, 0.3) is 0 Å². The van der Waals surface area contributed by atoms with Gasteiger partial charge in [0.2, 0.25) is 0 Å². The van der Waals surface area contributed by atoms with Gasteiger partial charge in [-0.3, -0.25) is 18.6 Å². The van der Waals surface area contributed by atoms with Crippen molar-refractivity contribution in [2.75, 3.05) is 19.8 Å². The summed E-state index contributed by atoms with van der Waals surface area (Å²) in [4.78, 5) is 31.8. The van der Waals surface area contributed by atoms with Crippen LogP contribution < -0.4 is 5.73 Å². The first-order chi connectivity index (χ1) is 18.2. The van der Waals surface area contributed by atoms with Gasteiger partial charge in [-0.15, -0.1) is 0 Å². The Morgan fingerprint density at radius 2 is 1.11 bits per heavy atom. The summed E-state index contributed by atoms with van der Waals surface area (Å²) in [7, 11) is -4.58. The zero-order valence-corrected chi connectivity index (χ0v) is 24.4. The van der Waals surface area contributed by atoms with Crippen molar-refractivity contribution in [1.82, 2.24) is 0 Å². The first-order valence-corrected chi connectivity index (χ1v) is 16.1. The predicted octanol–water partition coefficient (Wildman–Crippen LogP) is 5.87. The van der Waals surface area contributed by atoms with E-state index < -0.39 is 45.1 Å². The molecule has 0 radical (unpaired) electrons. The molecule has 0 aliphatic rings. The molecule has 1 unspecified atom stereocenters. The maximum absolute atomic E-state index is 11.8. The second-order valence-corrected chi connectivity index (χ2v) is 11.6. The number of aliphatic hydroxyl groups excluding tert-OH is 1. The van der Waals surface area contributed by atoms with Crippen LogP contribution >= 0.6 is 7.82 Å². The number of unbranched alkanes of at least 4 members (excludes halogenated alkanes) is 17. The predicted molar refractivity (Wildman–Crippen MR) is 148 cm³/mol. The Bertz CT molecular complexity index is 636. The minimum Gasteiger partial charge on any atom is -0.480 e. The van der Waals surface area contributed by atoms with Crippen LogP contribution in [0.15, 0.2) is 0 Å². The minimum atomic E-state index is -4.58. The van der Waals surface area contributed by atoms with Crippen molar-refractivity contribution in [2.45, 2.75) is 141 Å². The molecule has 0 heterocycles. The molecule has 10 nitrogen and oxygen atoms in total. The van der Waals surface area contributed by atoms with E-state index in [1.54, 1.807) is 0 Å². The number of hydrogen-bond acceptors (Lipinski definition) is 8. The Morgan fingerprint density at radius 3 is 1.53 bits per heavy atom. The van der Waals surface area contributed by atoms with Gasteiger partial charge in [0.05, 0.1) is 13.2 Å². The number of phosphoric ester groups is 1. The molecule has 226 valence electrons. The van der Waals surface area contributed by atoms with E-state index in [0.29, 0.717) is 6.42 Å². The molecule has 0 spiro atoms. The van der Waals surface area contributed by atoms with Gasteiger partial charge in [-0.1, -0.05) is 116 Å². The highest BCUT2D eigenvalue weighted by atomic mass is 31.2. The molecule has 0 aromatic carbocycles. The summed E-state index contributed by atoms with van der Waals surface area (Å²) in [6, 6.07) is -1.48. The maximum atomic E-state index is 11.8. The van der Waals surface area contributed by atoms with Crippen LogP contribution in [-0.4, -0.2) is 59.0 Å². The summed E-state index contributed by atoms with van der Waals surface area (Å²) >= 11 is 0. The Kier molecular flexibility index (Phi) is 24.3. The lowest BCUT2D eigenvalue weighted by Gasteiger charge is -2.16.